The molecular formula is C14H18N2O2. The number of likely N-dealkylation sites (N-methyl/N-ethyl adjacent to an activating group) is 2. The molecule has 1 aromatic carbocycles. The molecule has 0 atom stereocenters. The minimum absolute atomic E-state index is 0.0183. The van der Waals surface area contributed by atoms with Crippen molar-refractivity contribution in [3.63, 3.8) is 0 Å². The van der Waals surface area contributed by atoms with Crippen molar-refractivity contribution >= 4 is 16.8 Å². The van der Waals surface area contributed by atoms with E-state index in [4.69, 9.17) is 4.42 Å². The average Bonchev–Trinajstić information content (AvgIpc) is 2.80. The topological polar surface area (TPSA) is 45.5 Å². The number of carbonyl (C=O) groups excluding carboxylic acids is 1. The van der Waals surface area contributed by atoms with Gasteiger partial charge in [0.05, 0.1) is 6.54 Å². The van der Waals surface area contributed by atoms with E-state index in [-0.39, 0.29) is 5.78 Å². The molecule has 0 saturated carbocycles. The third-order valence-corrected chi connectivity index (χ3v) is 2.86. The summed E-state index contributed by atoms with van der Waals surface area (Å²) >= 11 is 0. The van der Waals surface area contributed by atoms with Gasteiger partial charge in [0.15, 0.2) is 5.76 Å². The summed E-state index contributed by atoms with van der Waals surface area (Å²) in [6, 6.07) is 9.46. The van der Waals surface area contributed by atoms with E-state index in [0.29, 0.717) is 12.3 Å². The summed E-state index contributed by atoms with van der Waals surface area (Å²) < 4.78 is 5.54. The fraction of sp³-hybridized carbons (Fsp3) is 0.357. The van der Waals surface area contributed by atoms with E-state index < -0.39 is 0 Å². The molecule has 0 fully saturated rings. The maximum Gasteiger partial charge on any atom is 0.211 e. The first kappa shape index (κ1) is 12.8. The highest BCUT2D eigenvalue weighted by Gasteiger charge is 2.13. The standard InChI is InChI=1S/C14H18N2O2/c1-15-7-8-16(2)10-12(17)14-9-11-5-3-4-6-13(11)18-14/h3-6,9,15H,7-8,10H2,1-2H3. The van der Waals surface area contributed by atoms with Crippen LogP contribution in [-0.2, 0) is 0 Å². The first-order chi connectivity index (χ1) is 8.70. The first-order valence-electron chi connectivity index (χ1n) is 6.05. The largest absolute Gasteiger partial charge is 0.453 e. The molecule has 0 unspecified atom stereocenters. The number of para-hydroxylation sites is 1. The van der Waals surface area contributed by atoms with Gasteiger partial charge in [0.1, 0.15) is 5.58 Å². The fourth-order valence-corrected chi connectivity index (χ4v) is 1.82. The van der Waals surface area contributed by atoms with Crippen LogP contribution in [0.5, 0.6) is 0 Å². The lowest BCUT2D eigenvalue weighted by Crippen LogP contribution is -2.31. The summed E-state index contributed by atoms with van der Waals surface area (Å²) in [7, 11) is 3.83. The van der Waals surface area contributed by atoms with E-state index in [9.17, 15) is 4.79 Å². The van der Waals surface area contributed by atoms with E-state index in [2.05, 4.69) is 5.32 Å². The highest BCUT2D eigenvalue weighted by Crippen LogP contribution is 2.19. The van der Waals surface area contributed by atoms with Crippen molar-refractivity contribution in [2.45, 2.75) is 0 Å². The van der Waals surface area contributed by atoms with Crippen LogP contribution < -0.4 is 5.32 Å². The van der Waals surface area contributed by atoms with Gasteiger partial charge in [-0.1, -0.05) is 18.2 Å². The van der Waals surface area contributed by atoms with Crippen LogP contribution >= 0.6 is 0 Å². The number of hydrogen-bond donors (Lipinski definition) is 1. The maximum absolute atomic E-state index is 12.0. The zero-order valence-electron chi connectivity index (χ0n) is 10.8. The second kappa shape index (κ2) is 5.80. The molecule has 0 spiro atoms. The van der Waals surface area contributed by atoms with Crippen molar-refractivity contribution in [2.24, 2.45) is 0 Å². The zero-order chi connectivity index (χ0) is 13.0. The van der Waals surface area contributed by atoms with Gasteiger partial charge < -0.3 is 9.73 Å². The lowest BCUT2D eigenvalue weighted by Gasteiger charge is -2.14. The highest BCUT2D eigenvalue weighted by molar-refractivity contribution is 5.98. The van der Waals surface area contributed by atoms with Crippen molar-refractivity contribution in [1.82, 2.24) is 10.2 Å². The predicted octanol–water partition coefficient (Wildman–Crippen LogP) is 1.77. The van der Waals surface area contributed by atoms with Crippen molar-refractivity contribution in [3.8, 4) is 0 Å². The van der Waals surface area contributed by atoms with E-state index >= 15 is 0 Å². The number of Topliss-reactive ketones (excluding diaryl/α,β-unsaturated/α-hetero) is 1. The average molecular weight is 246 g/mol. The molecule has 18 heavy (non-hydrogen) atoms. The van der Waals surface area contributed by atoms with Crippen molar-refractivity contribution < 1.29 is 9.21 Å². The Morgan fingerprint density at radius 2 is 2.17 bits per heavy atom. The number of ketones is 1. The number of hydrogen-bond acceptors (Lipinski definition) is 4. The molecule has 2 aromatic rings. The van der Waals surface area contributed by atoms with Gasteiger partial charge in [0.25, 0.3) is 0 Å². The molecule has 1 heterocycles. The summed E-state index contributed by atoms with van der Waals surface area (Å²) in [6.07, 6.45) is 0. The molecule has 0 bridgehead atoms. The number of nitrogens with one attached hydrogen (secondary N) is 1. The first-order valence-corrected chi connectivity index (χ1v) is 6.05. The molecule has 0 amide bonds. The second-order valence-corrected chi connectivity index (χ2v) is 4.41. The third-order valence-electron chi connectivity index (χ3n) is 2.86. The molecule has 4 heteroatoms. The molecule has 0 aliphatic rings. The normalized spacial score (nSPS) is 11.3. The molecule has 0 aliphatic heterocycles. The minimum atomic E-state index is 0.0183. The Balaban J connectivity index is 2.04. The maximum atomic E-state index is 12.0. The van der Waals surface area contributed by atoms with Gasteiger partial charge in [-0.15, -0.1) is 0 Å². The number of rotatable bonds is 6. The monoisotopic (exact) mass is 246 g/mol. The van der Waals surface area contributed by atoms with Gasteiger partial charge >= 0.3 is 0 Å². The van der Waals surface area contributed by atoms with E-state index in [1.807, 2.05) is 49.3 Å². The lowest BCUT2D eigenvalue weighted by atomic mass is 10.2. The second-order valence-electron chi connectivity index (χ2n) is 4.41. The summed E-state index contributed by atoms with van der Waals surface area (Å²) in [6.45, 7) is 2.08. The summed E-state index contributed by atoms with van der Waals surface area (Å²) in [5.41, 5.74) is 0.763. The van der Waals surface area contributed by atoms with Gasteiger partial charge in [-0.25, -0.2) is 0 Å². The molecule has 2 rings (SSSR count). The molecule has 96 valence electrons. The van der Waals surface area contributed by atoms with E-state index in [1.165, 1.54) is 0 Å². The Hall–Kier alpha value is -1.65. The van der Waals surface area contributed by atoms with Crippen LogP contribution in [0, 0.1) is 0 Å². The summed E-state index contributed by atoms with van der Waals surface area (Å²) in [5, 5.41) is 4.03. The Morgan fingerprint density at radius 1 is 1.39 bits per heavy atom. The van der Waals surface area contributed by atoms with Gasteiger partial charge in [0, 0.05) is 18.5 Å². The number of benzene rings is 1. The van der Waals surface area contributed by atoms with E-state index in [0.717, 1.165) is 24.1 Å². The van der Waals surface area contributed by atoms with Crippen molar-refractivity contribution in [3.05, 3.63) is 36.1 Å². The molecule has 0 radical (unpaired) electrons. The number of nitrogens with zero attached hydrogens (tertiary/aromatic N) is 1. The van der Waals surface area contributed by atoms with Gasteiger partial charge in [-0.3, -0.25) is 9.69 Å². The Kier molecular flexibility index (Phi) is 4.12. The van der Waals surface area contributed by atoms with Gasteiger partial charge in [-0.05, 0) is 26.2 Å². The predicted molar refractivity (Wildman–Crippen MR) is 72.0 cm³/mol. The molecule has 1 N–H and O–H groups in total. The molecule has 4 nitrogen and oxygen atoms in total. The lowest BCUT2D eigenvalue weighted by molar-refractivity contribution is 0.0922. The quantitative estimate of drug-likeness (QED) is 0.789. The number of furan rings is 1. The van der Waals surface area contributed by atoms with Crippen LogP contribution in [0.15, 0.2) is 34.7 Å². The zero-order valence-corrected chi connectivity index (χ0v) is 10.8. The Morgan fingerprint density at radius 3 is 2.89 bits per heavy atom. The smallest absolute Gasteiger partial charge is 0.211 e. The van der Waals surface area contributed by atoms with Crippen LogP contribution in [-0.4, -0.2) is 44.4 Å². The molecule has 1 aromatic heterocycles. The molecule has 0 aliphatic carbocycles. The van der Waals surface area contributed by atoms with Crippen LogP contribution in [0.3, 0.4) is 0 Å². The van der Waals surface area contributed by atoms with Crippen LogP contribution in [0.1, 0.15) is 10.6 Å². The van der Waals surface area contributed by atoms with Crippen LogP contribution in [0.25, 0.3) is 11.0 Å². The third kappa shape index (κ3) is 2.97. The molecule has 0 saturated heterocycles. The van der Waals surface area contributed by atoms with Gasteiger partial charge in [-0.2, -0.15) is 0 Å². The Bertz CT molecular complexity index is 500. The summed E-state index contributed by atoms with van der Waals surface area (Å²) in [5.74, 6) is 0.456. The SMILES string of the molecule is CNCCN(C)CC(=O)c1cc2ccccc2o1. The highest BCUT2D eigenvalue weighted by atomic mass is 16.3. The summed E-state index contributed by atoms with van der Waals surface area (Å²) in [4.78, 5) is 14.0. The van der Waals surface area contributed by atoms with E-state index in [1.54, 1.807) is 0 Å². The number of carbonyl (C=O) groups is 1. The van der Waals surface area contributed by atoms with Crippen LogP contribution in [0.2, 0.25) is 0 Å². The minimum Gasteiger partial charge on any atom is -0.453 e. The number of fused-ring (bicyclic) bond motifs is 1. The van der Waals surface area contributed by atoms with Crippen LogP contribution in [0.4, 0.5) is 0 Å². The fourth-order valence-electron chi connectivity index (χ4n) is 1.82. The van der Waals surface area contributed by atoms with Crippen molar-refractivity contribution in [1.29, 1.82) is 0 Å². The Labute approximate surface area is 107 Å². The molecular weight excluding hydrogens is 228 g/mol. The van der Waals surface area contributed by atoms with Gasteiger partial charge in [0.2, 0.25) is 5.78 Å². The van der Waals surface area contributed by atoms with Crippen molar-refractivity contribution in [2.75, 3.05) is 33.7 Å².